The van der Waals surface area contributed by atoms with Gasteiger partial charge >= 0.3 is 5.97 Å². The van der Waals surface area contributed by atoms with Gasteiger partial charge in [-0.1, -0.05) is 6.07 Å². The molecule has 23 heavy (non-hydrogen) atoms. The van der Waals surface area contributed by atoms with Crippen LogP contribution in [-0.2, 0) is 16.0 Å². The minimum absolute atomic E-state index is 0.0986. The molecule has 1 amide bonds. The van der Waals surface area contributed by atoms with Crippen LogP contribution in [0.3, 0.4) is 0 Å². The molecule has 1 aromatic rings. The SMILES string of the molecule is O=C(O)C(Cc1ccc2c(c1)OCCCO2)NC(=O)[C@@H]1C[C@@H]1F. The summed E-state index contributed by atoms with van der Waals surface area (Å²) in [6, 6.07) is 4.10. The van der Waals surface area contributed by atoms with Gasteiger partial charge in [-0.3, -0.25) is 4.79 Å². The average Bonchev–Trinajstić information content (AvgIpc) is 3.28. The molecule has 1 heterocycles. The Balaban J connectivity index is 1.68. The van der Waals surface area contributed by atoms with Gasteiger partial charge in [-0.25, -0.2) is 9.18 Å². The van der Waals surface area contributed by atoms with Gasteiger partial charge in [0.2, 0.25) is 5.91 Å². The van der Waals surface area contributed by atoms with E-state index >= 15 is 0 Å². The van der Waals surface area contributed by atoms with E-state index in [1.807, 2.05) is 0 Å². The van der Waals surface area contributed by atoms with E-state index in [9.17, 15) is 19.1 Å². The Labute approximate surface area is 132 Å². The van der Waals surface area contributed by atoms with Crippen molar-refractivity contribution in [2.24, 2.45) is 5.92 Å². The number of hydrogen-bond donors (Lipinski definition) is 2. The van der Waals surface area contributed by atoms with Gasteiger partial charge in [0.25, 0.3) is 0 Å². The lowest BCUT2D eigenvalue weighted by Crippen LogP contribution is -2.43. The lowest BCUT2D eigenvalue weighted by Gasteiger charge is -2.15. The molecular formula is C16H18FNO5. The molecule has 0 bridgehead atoms. The molecule has 1 fully saturated rings. The molecule has 1 aromatic carbocycles. The summed E-state index contributed by atoms with van der Waals surface area (Å²) >= 11 is 0. The first kappa shape index (κ1) is 15.6. The lowest BCUT2D eigenvalue weighted by molar-refractivity contribution is -0.142. The number of carbonyl (C=O) groups is 2. The predicted molar refractivity (Wildman–Crippen MR) is 78.3 cm³/mol. The molecule has 1 saturated carbocycles. The molecule has 6 nitrogen and oxygen atoms in total. The van der Waals surface area contributed by atoms with Crippen molar-refractivity contribution in [2.75, 3.05) is 13.2 Å². The molecule has 0 spiro atoms. The average molecular weight is 323 g/mol. The Bertz CT molecular complexity index is 620. The van der Waals surface area contributed by atoms with Crippen LogP contribution >= 0.6 is 0 Å². The zero-order chi connectivity index (χ0) is 16.4. The molecule has 3 rings (SSSR count). The molecule has 7 heteroatoms. The molecule has 0 radical (unpaired) electrons. The van der Waals surface area contributed by atoms with Gasteiger partial charge < -0.3 is 19.9 Å². The summed E-state index contributed by atoms with van der Waals surface area (Å²) in [7, 11) is 0. The smallest absolute Gasteiger partial charge is 0.326 e. The van der Waals surface area contributed by atoms with E-state index in [4.69, 9.17) is 9.47 Å². The zero-order valence-corrected chi connectivity index (χ0v) is 12.5. The second-order valence-electron chi connectivity index (χ2n) is 5.79. The number of aliphatic carboxylic acids is 1. The molecule has 1 aliphatic carbocycles. The number of benzene rings is 1. The molecule has 1 unspecified atom stereocenters. The van der Waals surface area contributed by atoms with Gasteiger partial charge in [-0.05, 0) is 24.1 Å². The molecule has 2 N–H and O–H groups in total. The highest BCUT2D eigenvalue weighted by atomic mass is 19.1. The Hall–Kier alpha value is -2.31. The minimum Gasteiger partial charge on any atom is -0.490 e. The van der Waals surface area contributed by atoms with Gasteiger partial charge in [-0.15, -0.1) is 0 Å². The van der Waals surface area contributed by atoms with Crippen molar-refractivity contribution >= 4 is 11.9 Å². The van der Waals surface area contributed by atoms with Crippen molar-refractivity contribution in [3.8, 4) is 11.5 Å². The topological polar surface area (TPSA) is 84.9 Å². The molecule has 1 aliphatic heterocycles. The molecule has 124 valence electrons. The zero-order valence-electron chi connectivity index (χ0n) is 12.5. The third kappa shape index (κ3) is 3.72. The van der Waals surface area contributed by atoms with Crippen LogP contribution in [0.15, 0.2) is 18.2 Å². The fourth-order valence-electron chi connectivity index (χ4n) is 2.48. The number of alkyl halides is 1. The highest BCUT2D eigenvalue weighted by Crippen LogP contribution is 2.34. The van der Waals surface area contributed by atoms with E-state index in [1.54, 1.807) is 18.2 Å². The van der Waals surface area contributed by atoms with Crippen LogP contribution in [0.4, 0.5) is 4.39 Å². The second-order valence-corrected chi connectivity index (χ2v) is 5.79. The van der Waals surface area contributed by atoms with Crippen LogP contribution in [0.1, 0.15) is 18.4 Å². The Morgan fingerprint density at radius 1 is 1.30 bits per heavy atom. The summed E-state index contributed by atoms with van der Waals surface area (Å²) in [5, 5.41) is 11.7. The van der Waals surface area contributed by atoms with Gasteiger partial charge in [0.15, 0.2) is 11.5 Å². The van der Waals surface area contributed by atoms with Gasteiger partial charge in [0, 0.05) is 12.8 Å². The maximum absolute atomic E-state index is 12.9. The van der Waals surface area contributed by atoms with E-state index in [2.05, 4.69) is 5.32 Å². The second kappa shape index (κ2) is 6.44. The molecule has 3 atom stereocenters. The number of amides is 1. The summed E-state index contributed by atoms with van der Waals surface area (Å²) in [6.45, 7) is 1.11. The standard InChI is InChI=1S/C16H18FNO5/c17-11-8-10(11)15(19)18-12(16(20)21)6-9-2-3-13-14(7-9)23-5-1-4-22-13/h2-3,7,10-12H,1,4-6,8H2,(H,18,19)(H,20,21)/t10-,11+,12?/m1/s1. The highest BCUT2D eigenvalue weighted by Gasteiger charge is 2.44. The van der Waals surface area contributed by atoms with E-state index in [0.717, 1.165) is 6.42 Å². The monoisotopic (exact) mass is 323 g/mol. The number of nitrogens with one attached hydrogen (secondary N) is 1. The van der Waals surface area contributed by atoms with E-state index < -0.39 is 30.0 Å². The largest absolute Gasteiger partial charge is 0.490 e. The van der Waals surface area contributed by atoms with E-state index in [1.165, 1.54) is 0 Å². The number of carboxylic acid groups (broad SMARTS) is 1. The first-order chi connectivity index (χ1) is 11.0. The number of carbonyl (C=O) groups excluding carboxylic acids is 1. The number of carboxylic acids is 1. The third-order valence-electron chi connectivity index (χ3n) is 3.92. The summed E-state index contributed by atoms with van der Waals surface area (Å²) in [5.41, 5.74) is 0.703. The van der Waals surface area contributed by atoms with Crippen molar-refractivity contribution in [1.82, 2.24) is 5.32 Å². The van der Waals surface area contributed by atoms with Gasteiger partial charge in [0.05, 0.1) is 19.1 Å². The first-order valence-electron chi connectivity index (χ1n) is 7.60. The van der Waals surface area contributed by atoms with Gasteiger partial charge in [0.1, 0.15) is 12.2 Å². The van der Waals surface area contributed by atoms with Crippen LogP contribution in [-0.4, -0.2) is 42.4 Å². The van der Waals surface area contributed by atoms with Crippen molar-refractivity contribution in [1.29, 1.82) is 0 Å². The van der Waals surface area contributed by atoms with Crippen molar-refractivity contribution in [3.05, 3.63) is 23.8 Å². The normalized spacial score (nSPS) is 23.5. The number of ether oxygens (including phenoxy) is 2. The quantitative estimate of drug-likeness (QED) is 0.854. The van der Waals surface area contributed by atoms with Gasteiger partial charge in [-0.2, -0.15) is 0 Å². The molecule has 0 saturated heterocycles. The summed E-state index contributed by atoms with van der Waals surface area (Å²) < 4.78 is 24.0. The predicted octanol–water partition coefficient (Wildman–Crippen LogP) is 1.32. The Morgan fingerprint density at radius 2 is 2.00 bits per heavy atom. The summed E-state index contributed by atoms with van der Waals surface area (Å²) in [6.07, 6.45) is -0.102. The van der Waals surface area contributed by atoms with Crippen molar-refractivity contribution in [2.45, 2.75) is 31.5 Å². The number of hydrogen-bond acceptors (Lipinski definition) is 4. The van der Waals surface area contributed by atoms with Crippen LogP contribution in [0, 0.1) is 5.92 Å². The molecule has 0 aromatic heterocycles. The Kier molecular flexibility index (Phi) is 4.36. The fourth-order valence-corrected chi connectivity index (χ4v) is 2.48. The number of halogens is 1. The summed E-state index contributed by atoms with van der Waals surface area (Å²) in [5.74, 6) is -1.21. The Morgan fingerprint density at radius 3 is 2.65 bits per heavy atom. The summed E-state index contributed by atoms with van der Waals surface area (Å²) in [4.78, 5) is 23.1. The maximum Gasteiger partial charge on any atom is 0.326 e. The minimum atomic E-state index is -1.15. The maximum atomic E-state index is 12.9. The number of rotatable bonds is 5. The van der Waals surface area contributed by atoms with Crippen LogP contribution in [0.25, 0.3) is 0 Å². The third-order valence-corrected chi connectivity index (χ3v) is 3.92. The highest BCUT2D eigenvalue weighted by molar-refractivity contribution is 5.87. The fraction of sp³-hybridized carbons (Fsp3) is 0.500. The van der Waals surface area contributed by atoms with Crippen LogP contribution < -0.4 is 14.8 Å². The lowest BCUT2D eigenvalue weighted by atomic mass is 10.0. The number of fused-ring (bicyclic) bond motifs is 1. The van der Waals surface area contributed by atoms with E-state index in [0.29, 0.717) is 30.3 Å². The molecular weight excluding hydrogens is 305 g/mol. The van der Waals surface area contributed by atoms with Crippen LogP contribution in [0.5, 0.6) is 11.5 Å². The molecule has 2 aliphatic rings. The van der Waals surface area contributed by atoms with E-state index in [-0.39, 0.29) is 12.8 Å². The first-order valence-corrected chi connectivity index (χ1v) is 7.60. The van der Waals surface area contributed by atoms with Crippen molar-refractivity contribution in [3.63, 3.8) is 0 Å². The van der Waals surface area contributed by atoms with Crippen molar-refractivity contribution < 1.29 is 28.6 Å². The van der Waals surface area contributed by atoms with Crippen LogP contribution in [0.2, 0.25) is 0 Å².